The van der Waals surface area contributed by atoms with Crippen LogP contribution >= 0.6 is 15.9 Å². The Kier molecular flexibility index (Phi) is 6.38. The number of rotatable bonds is 7. The molecule has 0 aliphatic rings. The van der Waals surface area contributed by atoms with Crippen LogP contribution in [0.5, 0.6) is 5.75 Å². The number of aryl methyl sites for hydroxylation is 1. The van der Waals surface area contributed by atoms with Gasteiger partial charge < -0.3 is 15.2 Å². The summed E-state index contributed by atoms with van der Waals surface area (Å²) in [5, 5.41) is 23.9. The molecule has 1 rings (SSSR count). The monoisotopic (exact) mass is 346 g/mol. The van der Waals surface area contributed by atoms with Crippen LogP contribution in [0.1, 0.15) is 19.4 Å². The van der Waals surface area contributed by atoms with Gasteiger partial charge in [-0.15, -0.1) is 0 Å². The van der Waals surface area contributed by atoms with Crippen molar-refractivity contribution in [3.8, 4) is 5.75 Å². The Morgan fingerprint density at radius 3 is 2.70 bits per heavy atom. The molecule has 0 aliphatic heterocycles. The van der Waals surface area contributed by atoms with E-state index in [0.29, 0.717) is 16.6 Å². The zero-order valence-electron chi connectivity index (χ0n) is 11.7. The molecule has 0 heterocycles. The number of benzene rings is 1. The number of aliphatic hydroxyl groups is 1. The van der Waals surface area contributed by atoms with Crippen LogP contribution in [0.25, 0.3) is 0 Å². The first kappa shape index (κ1) is 16.9. The smallest absolute Gasteiger partial charge is 0.312 e. The van der Waals surface area contributed by atoms with E-state index in [2.05, 4.69) is 21.2 Å². The maximum Gasteiger partial charge on any atom is 0.312 e. The van der Waals surface area contributed by atoms with Gasteiger partial charge in [-0.05, 0) is 18.6 Å². The number of nitrogens with one attached hydrogen (secondary N) is 1. The second kappa shape index (κ2) is 7.56. The molecule has 0 bridgehead atoms. The van der Waals surface area contributed by atoms with Crippen molar-refractivity contribution in [2.75, 3.05) is 13.2 Å². The van der Waals surface area contributed by atoms with Crippen LogP contribution in [0.2, 0.25) is 0 Å². The number of ether oxygens (including phenoxy) is 1. The van der Waals surface area contributed by atoms with E-state index >= 15 is 0 Å². The fourth-order valence-corrected chi connectivity index (χ4v) is 2.21. The minimum Gasteiger partial charge on any atom is -0.484 e. The third-order valence-corrected chi connectivity index (χ3v) is 3.06. The van der Waals surface area contributed by atoms with E-state index in [1.54, 1.807) is 13.0 Å². The van der Waals surface area contributed by atoms with E-state index in [4.69, 9.17) is 4.74 Å². The molecule has 0 aliphatic carbocycles. The molecule has 0 fully saturated rings. The third kappa shape index (κ3) is 5.07. The Morgan fingerprint density at radius 2 is 2.15 bits per heavy atom. The second-order valence-electron chi connectivity index (χ2n) is 4.86. The van der Waals surface area contributed by atoms with Crippen LogP contribution in [0, 0.1) is 17.0 Å². The average Bonchev–Trinajstić information content (AvgIpc) is 2.34. The number of hydrogen-bond donors (Lipinski definition) is 2. The molecular formula is C13H19BrN2O4. The number of aliphatic hydroxyl groups excluding tert-OH is 1. The van der Waals surface area contributed by atoms with E-state index in [-0.39, 0.29) is 24.1 Å². The Hall–Kier alpha value is -1.18. The predicted molar refractivity (Wildman–Crippen MR) is 80.2 cm³/mol. The number of hydrogen-bond acceptors (Lipinski definition) is 5. The summed E-state index contributed by atoms with van der Waals surface area (Å²) >= 11 is 3.22. The zero-order chi connectivity index (χ0) is 15.3. The maximum atomic E-state index is 11.0. The van der Waals surface area contributed by atoms with Crippen LogP contribution < -0.4 is 10.1 Å². The van der Waals surface area contributed by atoms with Gasteiger partial charge in [0, 0.05) is 23.1 Å². The van der Waals surface area contributed by atoms with Gasteiger partial charge in [0.1, 0.15) is 12.7 Å². The van der Waals surface area contributed by atoms with Crippen LogP contribution in [-0.4, -0.2) is 35.3 Å². The van der Waals surface area contributed by atoms with Crippen LogP contribution in [0.3, 0.4) is 0 Å². The quantitative estimate of drug-likeness (QED) is 0.584. The first-order chi connectivity index (χ1) is 9.31. The van der Waals surface area contributed by atoms with E-state index in [1.165, 1.54) is 6.07 Å². The van der Waals surface area contributed by atoms with Crippen molar-refractivity contribution < 1.29 is 14.8 Å². The lowest BCUT2D eigenvalue weighted by molar-refractivity contribution is -0.386. The van der Waals surface area contributed by atoms with Crippen molar-refractivity contribution in [1.82, 2.24) is 5.32 Å². The van der Waals surface area contributed by atoms with E-state index in [0.717, 1.165) is 0 Å². The number of nitrogens with zero attached hydrogens (tertiary/aromatic N) is 1. The van der Waals surface area contributed by atoms with E-state index in [9.17, 15) is 15.2 Å². The van der Waals surface area contributed by atoms with Gasteiger partial charge in [-0.2, -0.15) is 0 Å². The molecule has 0 aromatic heterocycles. The molecule has 0 saturated heterocycles. The fraction of sp³-hybridized carbons (Fsp3) is 0.538. The summed E-state index contributed by atoms with van der Waals surface area (Å²) in [6.07, 6.45) is -0.722. The van der Waals surface area contributed by atoms with E-state index < -0.39 is 11.0 Å². The number of nitro benzene ring substituents is 1. The predicted octanol–water partition coefficient (Wildman–Crippen LogP) is 2.40. The van der Waals surface area contributed by atoms with Gasteiger partial charge in [-0.25, -0.2) is 0 Å². The highest BCUT2D eigenvalue weighted by Gasteiger charge is 2.20. The molecule has 1 aromatic carbocycles. The minimum absolute atomic E-state index is 0.00301. The molecule has 7 heteroatoms. The molecule has 6 nitrogen and oxygen atoms in total. The van der Waals surface area contributed by atoms with Gasteiger partial charge in [0.2, 0.25) is 0 Å². The SMILES string of the molecule is Cc1cc(Br)cc([N+](=O)[O-])c1OCC(O)CNC(C)C. The lowest BCUT2D eigenvalue weighted by Crippen LogP contribution is -2.35. The summed E-state index contributed by atoms with van der Waals surface area (Å²) in [5.41, 5.74) is 0.538. The first-order valence-electron chi connectivity index (χ1n) is 6.30. The Labute approximate surface area is 126 Å². The summed E-state index contributed by atoms with van der Waals surface area (Å²) in [7, 11) is 0. The topological polar surface area (TPSA) is 84.6 Å². The Bertz CT molecular complexity index is 480. The molecule has 1 aromatic rings. The van der Waals surface area contributed by atoms with Crippen molar-refractivity contribution in [2.45, 2.75) is 32.9 Å². The second-order valence-corrected chi connectivity index (χ2v) is 5.77. The lowest BCUT2D eigenvalue weighted by atomic mass is 10.2. The van der Waals surface area contributed by atoms with Gasteiger partial charge in [0.15, 0.2) is 5.75 Å². The maximum absolute atomic E-state index is 11.0. The van der Waals surface area contributed by atoms with Crippen LogP contribution in [0.15, 0.2) is 16.6 Å². The standard InChI is InChI=1S/C13H19BrN2O4/c1-8(2)15-6-11(17)7-20-13-9(3)4-10(14)5-12(13)16(18)19/h4-5,8,11,15,17H,6-7H2,1-3H3. The molecule has 2 N–H and O–H groups in total. The molecule has 0 radical (unpaired) electrons. The van der Waals surface area contributed by atoms with Crippen molar-refractivity contribution >= 4 is 21.6 Å². The summed E-state index contributed by atoms with van der Waals surface area (Å²) in [5.74, 6) is 0.196. The normalized spacial score (nSPS) is 12.5. The van der Waals surface area contributed by atoms with Crippen molar-refractivity contribution in [3.05, 3.63) is 32.3 Å². The highest BCUT2D eigenvalue weighted by atomic mass is 79.9. The molecule has 0 amide bonds. The zero-order valence-corrected chi connectivity index (χ0v) is 13.3. The molecule has 0 saturated carbocycles. The van der Waals surface area contributed by atoms with Crippen molar-refractivity contribution in [3.63, 3.8) is 0 Å². The summed E-state index contributed by atoms with van der Waals surface area (Å²) < 4.78 is 6.05. The van der Waals surface area contributed by atoms with Crippen molar-refractivity contribution in [1.29, 1.82) is 0 Å². The van der Waals surface area contributed by atoms with Gasteiger partial charge in [0.05, 0.1) is 4.92 Å². The van der Waals surface area contributed by atoms with Gasteiger partial charge in [0.25, 0.3) is 0 Å². The largest absolute Gasteiger partial charge is 0.484 e. The molecule has 0 spiro atoms. The lowest BCUT2D eigenvalue weighted by Gasteiger charge is -2.16. The molecule has 20 heavy (non-hydrogen) atoms. The first-order valence-corrected chi connectivity index (χ1v) is 7.09. The molecule has 112 valence electrons. The van der Waals surface area contributed by atoms with Gasteiger partial charge >= 0.3 is 5.69 Å². The Balaban J connectivity index is 2.74. The summed E-state index contributed by atoms with van der Waals surface area (Å²) in [4.78, 5) is 10.5. The fourth-order valence-electron chi connectivity index (χ4n) is 1.65. The van der Waals surface area contributed by atoms with Gasteiger partial charge in [-0.3, -0.25) is 10.1 Å². The summed E-state index contributed by atoms with van der Waals surface area (Å²) in [6, 6.07) is 3.38. The highest BCUT2D eigenvalue weighted by Crippen LogP contribution is 2.34. The van der Waals surface area contributed by atoms with Gasteiger partial charge in [-0.1, -0.05) is 29.8 Å². The van der Waals surface area contributed by atoms with Crippen molar-refractivity contribution in [2.24, 2.45) is 0 Å². The minimum atomic E-state index is -0.722. The third-order valence-electron chi connectivity index (χ3n) is 2.60. The number of halogens is 1. The highest BCUT2D eigenvalue weighted by molar-refractivity contribution is 9.10. The van der Waals surface area contributed by atoms with Crippen LogP contribution in [-0.2, 0) is 0 Å². The van der Waals surface area contributed by atoms with Crippen LogP contribution in [0.4, 0.5) is 5.69 Å². The molecular weight excluding hydrogens is 328 g/mol. The molecule has 1 atom stereocenters. The van der Waals surface area contributed by atoms with E-state index in [1.807, 2.05) is 13.8 Å². The Morgan fingerprint density at radius 1 is 1.50 bits per heavy atom. The summed E-state index contributed by atoms with van der Waals surface area (Å²) in [6.45, 7) is 6.05. The average molecular weight is 347 g/mol. The number of nitro groups is 1. The molecule has 1 unspecified atom stereocenters.